The molecule has 2 aromatic rings. The summed E-state index contributed by atoms with van der Waals surface area (Å²) in [6.45, 7) is -1.12. The second-order valence-corrected chi connectivity index (χ2v) is 8.47. The highest BCUT2D eigenvalue weighted by Crippen LogP contribution is 2.56. The zero-order valence-electron chi connectivity index (χ0n) is 15.5. The Morgan fingerprint density at radius 1 is 1.23 bits per heavy atom. The van der Waals surface area contributed by atoms with E-state index >= 15 is 4.39 Å². The molecule has 5 rings (SSSR count). The topological polar surface area (TPSA) is 144 Å². The number of nitrogens with one attached hydrogen (secondary N) is 1. The number of halogens is 1. The van der Waals surface area contributed by atoms with Crippen molar-refractivity contribution >= 4 is 14.0 Å². The fourth-order valence-corrected chi connectivity index (χ4v) is 4.67. The molecule has 0 bridgehead atoms. The fourth-order valence-electron chi connectivity index (χ4n) is 3.44. The van der Waals surface area contributed by atoms with E-state index in [2.05, 4.69) is 0 Å². The second kappa shape index (κ2) is 7.02. The minimum atomic E-state index is -4.22. The van der Waals surface area contributed by atoms with Gasteiger partial charge in [-0.1, -0.05) is 18.2 Å². The van der Waals surface area contributed by atoms with Gasteiger partial charge in [0, 0.05) is 17.8 Å². The van der Waals surface area contributed by atoms with E-state index in [4.69, 9.17) is 27.8 Å². The van der Waals surface area contributed by atoms with E-state index < -0.39 is 56.1 Å². The van der Waals surface area contributed by atoms with E-state index in [1.165, 1.54) is 0 Å². The van der Waals surface area contributed by atoms with Gasteiger partial charge in [0.2, 0.25) is 6.10 Å². The molecule has 0 radical (unpaired) electrons. The first-order valence-electron chi connectivity index (χ1n) is 8.98. The lowest BCUT2D eigenvalue weighted by Crippen LogP contribution is -2.42. The van der Waals surface area contributed by atoms with Crippen LogP contribution >= 0.6 is 7.82 Å². The zero-order valence-corrected chi connectivity index (χ0v) is 16.4. The van der Waals surface area contributed by atoms with Gasteiger partial charge in [-0.25, -0.2) is 18.5 Å². The fraction of sp³-hybridized carbons (Fsp3) is 0.353. The van der Waals surface area contributed by atoms with E-state index in [9.17, 15) is 18.9 Å². The first-order chi connectivity index (χ1) is 14.8. The Kier molecular flexibility index (Phi) is 4.52. The number of phosphoric acid groups is 1. The van der Waals surface area contributed by atoms with Crippen LogP contribution in [0.3, 0.4) is 0 Å². The summed E-state index contributed by atoms with van der Waals surface area (Å²) in [5.41, 5.74) is -0.983. The summed E-state index contributed by atoms with van der Waals surface area (Å²) < 4.78 is 59.8. The number of fused-ring (bicyclic) bond motifs is 2. The van der Waals surface area contributed by atoms with Gasteiger partial charge in [0.25, 0.3) is 11.4 Å². The van der Waals surface area contributed by atoms with Crippen LogP contribution in [0.5, 0.6) is 5.75 Å². The molecule has 1 aromatic heterocycles. The smallest absolute Gasteiger partial charge is 0.422 e. The van der Waals surface area contributed by atoms with Crippen LogP contribution in [0.4, 0.5) is 9.18 Å². The average Bonchev–Trinajstić information content (AvgIpc) is 3.24. The Labute approximate surface area is 172 Å². The molecule has 1 unspecified atom stereocenters. The zero-order chi connectivity index (χ0) is 21.8. The van der Waals surface area contributed by atoms with Crippen molar-refractivity contribution in [2.45, 2.75) is 30.9 Å². The van der Waals surface area contributed by atoms with Crippen LogP contribution in [0.2, 0.25) is 0 Å². The number of aromatic amines is 1. The Bertz CT molecular complexity index is 1210. The maximum absolute atomic E-state index is 15.7. The molecule has 0 saturated carbocycles. The summed E-state index contributed by atoms with van der Waals surface area (Å²) in [5, 5.41) is 0. The minimum Gasteiger partial charge on any atom is -0.422 e. The number of alkyl halides is 1. The van der Waals surface area contributed by atoms with Gasteiger partial charge in [0.15, 0.2) is 12.3 Å². The Morgan fingerprint density at radius 2 is 2.03 bits per heavy atom. The second-order valence-electron chi connectivity index (χ2n) is 6.88. The summed E-state index contributed by atoms with van der Waals surface area (Å²) in [4.78, 5) is 37.0. The van der Waals surface area contributed by atoms with Gasteiger partial charge in [-0.15, -0.1) is 0 Å². The summed E-state index contributed by atoms with van der Waals surface area (Å²) >= 11 is 0. The van der Waals surface area contributed by atoms with Crippen LogP contribution in [0, 0.1) is 0 Å². The average molecular weight is 456 g/mol. The predicted molar refractivity (Wildman–Crippen MR) is 95.8 cm³/mol. The molecule has 3 aliphatic heterocycles. The van der Waals surface area contributed by atoms with Gasteiger partial charge in [-0.05, 0) is 6.07 Å². The number of hydrogen-bond donors (Lipinski definition) is 1. The molecule has 0 spiro atoms. The summed E-state index contributed by atoms with van der Waals surface area (Å²) in [7, 11) is -4.22. The Hall–Kier alpha value is -2.99. The lowest BCUT2D eigenvalue weighted by atomic mass is 10.1. The number of aromatic nitrogens is 2. The lowest BCUT2D eigenvalue weighted by molar-refractivity contribution is -0.209. The number of H-pyrrole nitrogens is 1. The maximum Gasteiger partial charge on any atom is 0.530 e. The molecule has 14 heteroatoms. The quantitative estimate of drug-likeness (QED) is 0.529. The summed E-state index contributed by atoms with van der Waals surface area (Å²) in [5.74, 6) is -2.61. The summed E-state index contributed by atoms with van der Waals surface area (Å²) in [6, 6.07) is 7.64. The molecule has 1 N–H and O–H groups in total. The molecule has 12 nitrogen and oxygen atoms in total. The Morgan fingerprint density at radius 3 is 2.84 bits per heavy atom. The van der Waals surface area contributed by atoms with Crippen molar-refractivity contribution in [3.63, 3.8) is 0 Å². The summed E-state index contributed by atoms with van der Waals surface area (Å²) in [6.07, 6.45) is -4.64. The first kappa shape index (κ1) is 19.9. The highest BCUT2D eigenvalue weighted by atomic mass is 31.2. The third kappa shape index (κ3) is 3.45. The number of carbonyl (C=O) groups excluding carboxylic acids is 1. The van der Waals surface area contributed by atoms with Crippen LogP contribution < -0.4 is 15.8 Å². The molecule has 2 saturated heterocycles. The van der Waals surface area contributed by atoms with Crippen molar-refractivity contribution in [2.24, 2.45) is 0 Å². The number of rotatable bonds is 4. The van der Waals surface area contributed by atoms with Crippen LogP contribution in [0.1, 0.15) is 11.8 Å². The van der Waals surface area contributed by atoms with E-state index in [-0.39, 0.29) is 12.4 Å². The van der Waals surface area contributed by atoms with Crippen LogP contribution in [-0.4, -0.2) is 40.4 Å². The first-order valence-corrected chi connectivity index (χ1v) is 10.4. The maximum atomic E-state index is 15.7. The minimum absolute atomic E-state index is 0.0901. The van der Waals surface area contributed by atoms with E-state index in [1.54, 1.807) is 24.3 Å². The van der Waals surface area contributed by atoms with Gasteiger partial charge >= 0.3 is 19.7 Å². The van der Waals surface area contributed by atoms with Gasteiger partial charge in [0.1, 0.15) is 12.4 Å². The number of benzene rings is 1. The highest BCUT2D eigenvalue weighted by molar-refractivity contribution is 7.49. The lowest BCUT2D eigenvalue weighted by Gasteiger charge is -2.28. The predicted octanol–water partition coefficient (Wildman–Crippen LogP) is 1.37. The van der Waals surface area contributed by atoms with Crippen molar-refractivity contribution in [1.82, 2.24) is 9.55 Å². The number of ether oxygens (including phenoxy) is 3. The van der Waals surface area contributed by atoms with Crippen molar-refractivity contribution in [1.29, 1.82) is 0 Å². The number of hydrogen-bond acceptors (Lipinski definition) is 10. The molecule has 5 atom stereocenters. The SMILES string of the molecule is O=C1O[C@H]2[C@H](n3ccc(=O)[nH]c3=O)O[C@](F)(COP3(=O)OCc4ccccc4O3)[C@H]2O1. The van der Waals surface area contributed by atoms with Crippen LogP contribution in [0.15, 0.2) is 46.1 Å². The highest BCUT2D eigenvalue weighted by Gasteiger charge is 2.65. The Balaban J connectivity index is 1.39. The number of carbonyl (C=O) groups is 1. The van der Waals surface area contributed by atoms with Gasteiger partial charge < -0.3 is 18.7 Å². The molecule has 0 aliphatic carbocycles. The van der Waals surface area contributed by atoms with Gasteiger partial charge in [-0.3, -0.25) is 23.4 Å². The molecule has 3 aliphatic rings. The molecule has 0 amide bonds. The third-order valence-electron chi connectivity index (χ3n) is 4.88. The normalized spacial score (nSPS) is 33.7. The van der Waals surface area contributed by atoms with Crippen molar-refractivity contribution in [2.75, 3.05) is 6.61 Å². The van der Waals surface area contributed by atoms with Crippen LogP contribution in [-0.2, 0) is 34.4 Å². The molecular weight excluding hydrogens is 442 g/mol. The molecule has 164 valence electrons. The number of para-hydroxylation sites is 1. The molecule has 2 fully saturated rings. The molecule has 31 heavy (non-hydrogen) atoms. The van der Waals surface area contributed by atoms with E-state index in [1.807, 2.05) is 4.98 Å². The van der Waals surface area contributed by atoms with Crippen LogP contribution in [0.25, 0.3) is 0 Å². The largest absolute Gasteiger partial charge is 0.530 e. The van der Waals surface area contributed by atoms with Gasteiger partial charge in [-0.2, -0.15) is 0 Å². The molecule has 1 aromatic carbocycles. The van der Waals surface area contributed by atoms with Crippen molar-refractivity contribution in [3.05, 3.63) is 62.9 Å². The number of phosphoric ester groups is 1. The van der Waals surface area contributed by atoms with Crippen molar-refractivity contribution in [3.8, 4) is 5.75 Å². The van der Waals surface area contributed by atoms with E-state index in [0.29, 0.717) is 5.56 Å². The third-order valence-corrected chi connectivity index (χ3v) is 6.19. The monoisotopic (exact) mass is 456 g/mol. The van der Waals surface area contributed by atoms with E-state index in [0.717, 1.165) is 16.8 Å². The standard InChI is InChI=1S/C17H14FN2O10P/c18-17(8-26-31(24)25-7-9-3-1-2-4-10(9)30-31)13-12(27-16(23)28-13)14(29-17)20-6-5-11(21)19-15(20)22/h1-6,12-14H,7-8H2,(H,19,21,22)/t12-,13+,14-,17-,31?/m1/s1. The number of nitrogens with zero attached hydrogens (tertiary/aromatic N) is 1. The molecular formula is C17H14FN2O10P. The molecule has 4 heterocycles. The van der Waals surface area contributed by atoms with Crippen molar-refractivity contribution < 1.29 is 41.5 Å². The van der Waals surface area contributed by atoms with Gasteiger partial charge in [0.05, 0.1) is 6.61 Å².